The first-order valence-electron chi connectivity index (χ1n) is 5.22. The summed E-state index contributed by atoms with van der Waals surface area (Å²) < 4.78 is 0. The molecule has 1 heterocycles. The van der Waals surface area contributed by atoms with E-state index in [1.54, 1.807) is 11.3 Å². The Labute approximate surface area is 89.5 Å². The molecule has 1 saturated carbocycles. The van der Waals surface area contributed by atoms with Crippen LogP contribution in [0.5, 0.6) is 0 Å². The molecule has 3 heteroatoms. The molecular formula is C11H18N2S. The summed E-state index contributed by atoms with van der Waals surface area (Å²) in [5.41, 5.74) is 6.67. The molecule has 1 aliphatic carbocycles. The third-order valence-electron chi connectivity index (χ3n) is 3.39. The minimum atomic E-state index is 0.226. The van der Waals surface area contributed by atoms with Gasteiger partial charge in [0.1, 0.15) is 0 Å². The highest BCUT2D eigenvalue weighted by atomic mass is 32.1. The Kier molecular flexibility index (Phi) is 2.91. The largest absolute Gasteiger partial charge is 0.323 e. The van der Waals surface area contributed by atoms with Crippen LogP contribution in [-0.2, 0) is 0 Å². The molecule has 2 nitrogen and oxygen atoms in total. The lowest BCUT2D eigenvalue weighted by Crippen LogP contribution is -2.46. The van der Waals surface area contributed by atoms with Gasteiger partial charge in [0, 0.05) is 22.9 Å². The molecule has 0 amide bonds. The summed E-state index contributed by atoms with van der Waals surface area (Å²) in [6.07, 6.45) is 3.88. The van der Waals surface area contributed by atoms with Gasteiger partial charge in [0.25, 0.3) is 0 Å². The van der Waals surface area contributed by atoms with E-state index in [1.165, 1.54) is 24.1 Å². The van der Waals surface area contributed by atoms with Gasteiger partial charge in [-0.2, -0.15) is 0 Å². The minimum Gasteiger partial charge on any atom is -0.323 e. The van der Waals surface area contributed by atoms with E-state index in [2.05, 4.69) is 22.8 Å². The number of rotatable bonds is 4. The van der Waals surface area contributed by atoms with Gasteiger partial charge >= 0.3 is 0 Å². The first-order valence-corrected chi connectivity index (χ1v) is 6.10. The second-order valence-electron chi connectivity index (χ2n) is 4.24. The summed E-state index contributed by atoms with van der Waals surface area (Å²) >= 11 is 1.78. The van der Waals surface area contributed by atoms with E-state index in [0.29, 0.717) is 5.41 Å². The van der Waals surface area contributed by atoms with E-state index >= 15 is 0 Å². The van der Waals surface area contributed by atoms with E-state index in [9.17, 15) is 0 Å². The highest BCUT2D eigenvalue weighted by Gasteiger charge is 2.42. The Morgan fingerprint density at radius 1 is 1.64 bits per heavy atom. The number of nitrogens with two attached hydrogens (primary N) is 1. The van der Waals surface area contributed by atoms with Crippen molar-refractivity contribution in [2.75, 3.05) is 13.6 Å². The fourth-order valence-electron chi connectivity index (χ4n) is 2.35. The Hall–Kier alpha value is -0.380. The lowest BCUT2D eigenvalue weighted by molar-refractivity contribution is 0.0963. The molecular weight excluding hydrogens is 192 g/mol. The lowest BCUT2D eigenvalue weighted by atomic mass is 9.64. The second-order valence-corrected chi connectivity index (χ2v) is 5.22. The molecule has 0 spiro atoms. The fourth-order valence-corrected chi connectivity index (χ4v) is 3.22. The Balaban J connectivity index is 2.12. The molecule has 0 bridgehead atoms. The van der Waals surface area contributed by atoms with Crippen molar-refractivity contribution in [3.63, 3.8) is 0 Å². The number of hydrogen-bond acceptors (Lipinski definition) is 3. The topological polar surface area (TPSA) is 38.0 Å². The zero-order chi connectivity index (χ0) is 10.0. The lowest BCUT2D eigenvalue weighted by Gasteiger charge is -2.46. The van der Waals surface area contributed by atoms with Gasteiger partial charge in [0.2, 0.25) is 0 Å². The molecule has 1 aromatic rings. The van der Waals surface area contributed by atoms with Gasteiger partial charge in [0.05, 0.1) is 0 Å². The van der Waals surface area contributed by atoms with Gasteiger partial charge in [-0.25, -0.2) is 0 Å². The van der Waals surface area contributed by atoms with Crippen LogP contribution < -0.4 is 11.1 Å². The average Bonchev–Trinajstić information content (AvgIpc) is 2.62. The van der Waals surface area contributed by atoms with Gasteiger partial charge < -0.3 is 11.1 Å². The smallest absolute Gasteiger partial charge is 0.0459 e. The summed E-state index contributed by atoms with van der Waals surface area (Å²) in [7, 11) is 2.02. The van der Waals surface area contributed by atoms with Gasteiger partial charge in [0.15, 0.2) is 0 Å². The molecule has 1 aromatic heterocycles. The maximum atomic E-state index is 6.34. The zero-order valence-electron chi connectivity index (χ0n) is 8.62. The quantitative estimate of drug-likeness (QED) is 0.799. The van der Waals surface area contributed by atoms with Crippen molar-refractivity contribution >= 4 is 11.3 Å². The van der Waals surface area contributed by atoms with Crippen LogP contribution in [0.4, 0.5) is 0 Å². The van der Waals surface area contributed by atoms with Crippen molar-refractivity contribution < 1.29 is 0 Å². The molecule has 0 aliphatic heterocycles. The van der Waals surface area contributed by atoms with Crippen molar-refractivity contribution in [2.24, 2.45) is 11.1 Å². The molecule has 0 saturated heterocycles. The van der Waals surface area contributed by atoms with Crippen LogP contribution >= 0.6 is 11.3 Å². The van der Waals surface area contributed by atoms with Gasteiger partial charge in [-0.05, 0) is 31.3 Å². The first-order chi connectivity index (χ1) is 6.78. The van der Waals surface area contributed by atoms with Crippen molar-refractivity contribution in [3.05, 3.63) is 22.4 Å². The standard InChI is InChI=1S/C11H18N2S/c1-13-8-11(5-3-6-11)10(12)9-4-2-7-14-9/h2,4,7,10,13H,3,5-6,8,12H2,1H3. The molecule has 1 atom stereocenters. The third-order valence-corrected chi connectivity index (χ3v) is 4.34. The third kappa shape index (κ3) is 1.60. The van der Waals surface area contributed by atoms with E-state index in [0.717, 1.165) is 6.54 Å². The van der Waals surface area contributed by atoms with Crippen LogP contribution in [0.25, 0.3) is 0 Å². The molecule has 2 rings (SSSR count). The maximum Gasteiger partial charge on any atom is 0.0459 e. The second kappa shape index (κ2) is 4.01. The maximum absolute atomic E-state index is 6.34. The molecule has 1 unspecified atom stereocenters. The minimum absolute atomic E-state index is 0.226. The van der Waals surface area contributed by atoms with Crippen LogP contribution in [0.15, 0.2) is 17.5 Å². The van der Waals surface area contributed by atoms with Gasteiger partial charge in [-0.15, -0.1) is 11.3 Å². The van der Waals surface area contributed by atoms with Crippen LogP contribution in [0, 0.1) is 5.41 Å². The van der Waals surface area contributed by atoms with Crippen LogP contribution in [0.1, 0.15) is 30.2 Å². The summed E-state index contributed by atoms with van der Waals surface area (Å²) in [4.78, 5) is 1.33. The summed E-state index contributed by atoms with van der Waals surface area (Å²) in [5.74, 6) is 0. The fraction of sp³-hybridized carbons (Fsp3) is 0.636. The van der Waals surface area contributed by atoms with Crippen molar-refractivity contribution in [1.82, 2.24) is 5.32 Å². The molecule has 3 N–H and O–H groups in total. The normalized spacial score (nSPS) is 21.6. The Bertz CT molecular complexity index is 277. The summed E-state index contributed by atoms with van der Waals surface area (Å²) in [5, 5.41) is 5.39. The van der Waals surface area contributed by atoms with Crippen LogP contribution in [0.3, 0.4) is 0 Å². The SMILES string of the molecule is CNCC1(C(N)c2cccs2)CCC1. The Morgan fingerprint density at radius 2 is 2.43 bits per heavy atom. The van der Waals surface area contributed by atoms with Gasteiger partial charge in [-0.3, -0.25) is 0 Å². The van der Waals surface area contributed by atoms with E-state index in [-0.39, 0.29) is 6.04 Å². The van der Waals surface area contributed by atoms with E-state index in [4.69, 9.17) is 5.73 Å². The van der Waals surface area contributed by atoms with Gasteiger partial charge in [-0.1, -0.05) is 12.5 Å². The summed E-state index contributed by atoms with van der Waals surface area (Å²) in [6.45, 7) is 1.05. The monoisotopic (exact) mass is 210 g/mol. The molecule has 1 aliphatic rings. The van der Waals surface area contributed by atoms with E-state index < -0.39 is 0 Å². The molecule has 0 aromatic carbocycles. The summed E-state index contributed by atoms with van der Waals surface area (Å²) in [6, 6.07) is 4.47. The van der Waals surface area contributed by atoms with Crippen LogP contribution in [-0.4, -0.2) is 13.6 Å². The molecule has 14 heavy (non-hydrogen) atoms. The van der Waals surface area contributed by atoms with Crippen molar-refractivity contribution in [3.8, 4) is 0 Å². The highest BCUT2D eigenvalue weighted by Crippen LogP contribution is 2.49. The van der Waals surface area contributed by atoms with Crippen molar-refractivity contribution in [2.45, 2.75) is 25.3 Å². The number of thiophene rings is 1. The van der Waals surface area contributed by atoms with Crippen molar-refractivity contribution in [1.29, 1.82) is 0 Å². The highest BCUT2D eigenvalue weighted by molar-refractivity contribution is 7.10. The zero-order valence-corrected chi connectivity index (χ0v) is 9.44. The Morgan fingerprint density at radius 3 is 2.86 bits per heavy atom. The molecule has 78 valence electrons. The molecule has 0 radical (unpaired) electrons. The average molecular weight is 210 g/mol. The molecule has 1 fully saturated rings. The first kappa shape index (κ1) is 10.1. The number of hydrogen-bond donors (Lipinski definition) is 2. The van der Waals surface area contributed by atoms with Crippen LogP contribution in [0.2, 0.25) is 0 Å². The van der Waals surface area contributed by atoms with E-state index in [1.807, 2.05) is 7.05 Å². The predicted molar refractivity (Wildman–Crippen MR) is 61.5 cm³/mol. The number of nitrogens with one attached hydrogen (secondary N) is 1. The predicted octanol–water partition coefficient (Wildman–Crippen LogP) is 2.14.